The highest BCUT2D eigenvalue weighted by atomic mass is 16.5. The molecule has 0 bridgehead atoms. The highest BCUT2D eigenvalue weighted by Gasteiger charge is 2.26. The molecule has 1 aromatic carbocycles. The second-order valence-electron chi connectivity index (χ2n) is 10.3. The van der Waals surface area contributed by atoms with Crippen LogP contribution in [0.3, 0.4) is 0 Å². The van der Waals surface area contributed by atoms with Gasteiger partial charge in [0.15, 0.2) is 0 Å². The van der Waals surface area contributed by atoms with Gasteiger partial charge in [-0.25, -0.2) is 0 Å². The van der Waals surface area contributed by atoms with Crippen LogP contribution in [-0.4, -0.2) is 44.9 Å². The number of hydrogen-bond acceptors (Lipinski definition) is 6. The lowest BCUT2D eigenvalue weighted by Gasteiger charge is -2.32. The number of rotatable bonds is 6. The zero-order valence-corrected chi connectivity index (χ0v) is 21.4. The lowest BCUT2D eigenvalue weighted by molar-refractivity contribution is -0.127. The lowest BCUT2D eigenvalue weighted by Crippen LogP contribution is -2.36. The van der Waals surface area contributed by atoms with E-state index in [4.69, 9.17) is 4.52 Å². The SMILES string of the molecule is C=CC(=O)N1CCC(c2cnccc2-c2ccc(CNC(=O)c3noc(C(C)(C)C)n3)c(C)c2)CC1. The van der Waals surface area contributed by atoms with Crippen LogP contribution < -0.4 is 5.32 Å². The largest absolute Gasteiger partial charge is 0.345 e. The van der Waals surface area contributed by atoms with Crippen molar-refractivity contribution in [2.45, 2.75) is 58.4 Å². The van der Waals surface area contributed by atoms with E-state index in [0.29, 0.717) is 18.4 Å². The van der Waals surface area contributed by atoms with Crippen molar-refractivity contribution in [2.24, 2.45) is 0 Å². The van der Waals surface area contributed by atoms with Gasteiger partial charge in [-0.15, -0.1) is 0 Å². The highest BCUT2D eigenvalue weighted by Crippen LogP contribution is 2.35. The second-order valence-corrected chi connectivity index (χ2v) is 10.3. The first kappa shape index (κ1) is 25.3. The molecular weight excluding hydrogens is 454 g/mol. The van der Waals surface area contributed by atoms with Crippen LogP contribution >= 0.6 is 0 Å². The molecule has 188 valence electrons. The van der Waals surface area contributed by atoms with Gasteiger partial charge in [0, 0.05) is 37.4 Å². The summed E-state index contributed by atoms with van der Waals surface area (Å²) in [5, 5.41) is 6.70. The summed E-state index contributed by atoms with van der Waals surface area (Å²) < 4.78 is 5.22. The van der Waals surface area contributed by atoms with Gasteiger partial charge in [0.1, 0.15) is 0 Å². The zero-order valence-electron chi connectivity index (χ0n) is 21.4. The van der Waals surface area contributed by atoms with Crippen LogP contribution in [0.15, 0.2) is 53.8 Å². The van der Waals surface area contributed by atoms with Crippen molar-refractivity contribution in [1.82, 2.24) is 25.3 Å². The van der Waals surface area contributed by atoms with Crippen LogP contribution in [0.1, 0.15) is 72.7 Å². The Morgan fingerprint density at radius 1 is 1.22 bits per heavy atom. The number of hydrogen-bond donors (Lipinski definition) is 1. The van der Waals surface area contributed by atoms with Crippen LogP contribution in [-0.2, 0) is 16.8 Å². The van der Waals surface area contributed by atoms with E-state index < -0.39 is 0 Å². The maximum absolute atomic E-state index is 12.5. The Bertz CT molecular complexity index is 1270. The van der Waals surface area contributed by atoms with Crippen molar-refractivity contribution in [2.75, 3.05) is 13.1 Å². The number of nitrogens with one attached hydrogen (secondary N) is 1. The highest BCUT2D eigenvalue weighted by molar-refractivity contribution is 5.90. The molecule has 8 nitrogen and oxygen atoms in total. The van der Waals surface area contributed by atoms with E-state index in [1.165, 1.54) is 11.6 Å². The van der Waals surface area contributed by atoms with Crippen LogP contribution in [0.4, 0.5) is 0 Å². The van der Waals surface area contributed by atoms with Crippen molar-refractivity contribution >= 4 is 11.8 Å². The Kier molecular flexibility index (Phi) is 7.33. The monoisotopic (exact) mass is 487 g/mol. The number of piperidine rings is 1. The van der Waals surface area contributed by atoms with Crippen LogP contribution in [0.25, 0.3) is 11.1 Å². The number of carbonyl (C=O) groups is 2. The molecule has 8 heteroatoms. The smallest absolute Gasteiger partial charge is 0.292 e. The molecule has 2 aromatic heterocycles. The lowest BCUT2D eigenvalue weighted by atomic mass is 9.85. The quantitative estimate of drug-likeness (QED) is 0.512. The molecule has 3 aromatic rings. The van der Waals surface area contributed by atoms with Crippen LogP contribution in [0.5, 0.6) is 0 Å². The first-order valence-corrected chi connectivity index (χ1v) is 12.2. The Balaban J connectivity index is 1.45. The average Bonchev–Trinajstić information content (AvgIpc) is 3.39. The molecule has 0 radical (unpaired) electrons. The summed E-state index contributed by atoms with van der Waals surface area (Å²) in [6.45, 7) is 13.3. The predicted molar refractivity (Wildman–Crippen MR) is 137 cm³/mol. The van der Waals surface area contributed by atoms with Gasteiger partial charge in [-0.3, -0.25) is 14.6 Å². The molecule has 0 unspecified atom stereocenters. The minimum absolute atomic E-state index is 0.00728. The van der Waals surface area contributed by atoms with Crippen molar-refractivity contribution in [3.05, 3.63) is 77.7 Å². The maximum Gasteiger partial charge on any atom is 0.292 e. The molecule has 0 atom stereocenters. The number of aryl methyl sites for hydroxylation is 1. The Morgan fingerprint density at radius 2 is 1.97 bits per heavy atom. The number of amides is 2. The van der Waals surface area contributed by atoms with Gasteiger partial charge in [-0.2, -0.15) is 4.98 Å². The van der Waals surface area contributed by atoms with Gasteiger partial charge in [0.05, 0.1) is 0 Å². The molecule has 0 aliphatic carbocycles. The predicted octanol–water partition coefficient (Wildman–Crippen LogP) is 4.56. The standard InChI is InChI=1S/C28H33N5O3/c1-6-24(34)33-13-10-19(11-14-33)23-17-29-12-9-22(23)20-7-8-21(18(2)15-20)16-30-26(35)25-31-27(36-32-25)28(3,4)5/h6-9,12,15,17,19H,1,10-11,13-14,16H2,2-5H3,(H,30,35). The number of likely N-dealkylation sites (tertiary alicyclic amines) is 1. The number of aromatic nitrogens is 3. The van der Waals surface area contributed by atoms with Gasteiger partial charge in [0.2, 0.25) is 11.8 Å². The first-order valence-electron chi connectivity index (χ1n) is 12.2. The van der Waals surface area contributed by atoms with Gasteiger partial charge in [-0.05, 0) is 65.6 Å². The Morgan fingerprint density at radius 3 is 2.61 bits per heavy atom. The number of benzene rings is 1. The third kappa shape index (κ3) is 5.53. The van der Waals surface area contributed by atoms with Crippen LogP contribution in [0.2, 0.25) is 0 Å². The Labute approximate surface area is 211 Å². The summed E-state index contributed by atoms with van der Waals surface area (Å²) in [6.07, 6.45) is 6.94. The topological polar surface area (TPSA) is 101 Å². The molecule has 4 rings (SSSR count). The van der Waals surface area contributed by atoms with Gasteiger partial charge in [-0.1, -0.05) is 50.7 Å². The molecule has 0 saturated carbocycles. The van der Waals surface area contributed by atoms with Crippen molar-refractivity contribution < 1.29 is 14.1 Å². The third-order valence-corrected chi connectivity index (χ3v) is 6.64. The summed E-state index contributed by atoms with van der Waals surface area (Å²) in [5.74, 6) is 0.438. The first-order chi connectivity index (χ1) is 17.2. The average molecular weight is 488 g/mol. The zero-order chi connectivity index (χ0) is 25.9. The third-order valence-electron chi connectivity index (χ3n) is 6.64. The van der Waals surface area contributed by atoms with Gasteiger partial charge >= 0.3 is 0 Å². The van der Waals surface area contributed by atoms with E-state index in [9.17, 15) is 9.59 Å². The molecular formula is C28H33N5O3. The molecule has 0 spiro atoms. The van der Waals surface area contributed by atoms with Gasteiger partial charge < -0.3 is 14.7 Å². The molecule has 3 heterocycles. The van der Waals surface area contributed by atoms with E-state index in [2.05, 4.69) is 45.2 Å². The fourth-order valence-corrected chi connectivity index (χ4v) is 4.47. The normalized spacial score (nSPS) is 14.5. The maximum atomic E-state index is 12.5. The summed E-state index contributed by atoms with van der Waals surface area (Å²) >= 11 is 0. The minimum atomic E-state index is -0.365. The summed E-state index contributed by atoms with van der Waals surface area (Å²) in [4.78, 5) is 34.9. The van der Waals surface area contributed by atoms with Crippen molar-refractivity contribution in [3.8, 4) is 11.1 Å². The second kappa shape index (κ2) is 10.4. The summed E-state index contributed by atoms with van der Waals surface area (Å²) in [5.41, 5.74) is 5.24. The van der Waals surface area contributed by atoms with E-state index in [0.717, 1.165) is 48.2 Å². The summed E-state index contributed by atoms with van der Waals surface area (Å²) in [6, 6.07) is 8.31. The van der Waals surface area contributed by atoms with Gasteiger partial charge in [0.25, 0.3) is 11.7 Å². The van der Waals surface area contributed by atoms with E-state index in [1.807, 2.05) is 51.1 Å². The van der Waals surface area contributed by atoms with Crippen LogP contribution in [0, 0.1) is 6.92 Å². The molecule has 1 aliphatic heterocycles. The molecule has 1 N–H and O–H groups in total. The minimum Gasteiger partial charge on any atom is -0.345 e. The van der Waals surface area contributed by atoms with E-state index >= 15 is 0 Å². The number of nitrogens with zero attached hydrogens (tertiary/aromatic N) is 4. The number of carbonyl (C=O) groups excluding carboxylic acids is 2. The van der Waals surface area contributed by atoms with E-state index in [1.54, 1.807) is 0 Å². The summed E-state index contributed by atoms with van der Waals surface area (Å²) in [7, 11) is 0. The van der Waals surface area contributed by atoms with Crippen molar-refractivity contribution in [3.63, 3.8) is 0 Å². The molecule has 1 aliphatic rings. The molecule has 36 heavy (non-hydrogen) atoms. The van der Waals surface area contributed by atoms with Crippen molar-refractivity contribution in [1.29, 1.82) is 0 Å². The molecule has 1 fully saturated rings. The fraction of sp³-hybridized carbons (Fsp3) is 0.393. The molecule has 2 amide bonds. The Hall–Kier alpha value is -3.81. The fourth-order valence-electron chi connectivity index (χ4n) is 4.47. The number of pyridine rings is 1. The molecule has 1 saturated heterocycles. The van der Waals surface area contributed by atoms with E-state index in [-0.39, 0.29) is 23.1 Å².